The van der Waals surface area contributed by atoms with Crippen LogP contribution in [0.4, 0.5) is 4.39 Å². The fraction of sp³-hybridized carbons (Fsp3) is 0.625. The number of halogens is 1. The summed E-state index contributed by atoms with van der Waals surface area (Å²) in [5.74, 6) is 0. The molecule has 0 saturated carbocycles. The molecule has 2 rings (SSSR count). The molecule has 142 valence electrons. The van der Waals surface area contributed by atoms with Crippen molar-refractivity contribution in [1.82, 2.24) is 4.31 Å². The van der Waals surface area contributed by atoms with Gasteiger partial charge in [0, 0.05) is 13.1 Å². The first-order valence-corrected chi connectivity index (χ1v) is 11.0. The second kappa shape index (κ2) is 7.30. The molecule has 1 fully saturated rings. The Kier molecular flexibility index (Phi) is 5.92. The van der Waals surface area contributed by atoms with E-state index in [0.29, 0.717) is 0 Å². The van der Waals surface area contributed by atoms with E-state index in [9.17, 15) is 21.2 Å². The molecule has 0 amide bonds. The summed E-state index contributed by atoms with van der Waals surface area (Å²) in [6, 6.07) is 6.09. The Balaban J connectivity index is 1.99. The number of hydrogen-bond acceptors (Lipinski definition) is 5. The van der Waals surface area contributed by atoms with Crippen LogP contribution in [0.3, 0.4) is 0 Å². The Hall–Kier alpha value is -1.03. The molecule has 6 nitrogen and oxygen atoms in total. The van der Waals surface area contributed by atoms with Crippen LogP contribution in [0.2, 0.25) is 0 Å². The van der Waals surface area contributed by atoms with Crippen molar-refractivity contribution in [2.45, 2.75) is 49.4 Å². The molecule has 1 heterocycles. The quantitative estimate of drug-likeness (QED) is 0.693. The lowest BCUT2D eigenvalue weighted by Crippen LogP contribution is -2.48. The predicted molar refractivity (Wildman–Crippen MR) is 93.0 cm³/mol. The molecule has 0 aromatic heterocycles. The first kappa shape index (κ1) is 20.3. The highest BCUT2D eigenvalue weighted by Crippen LogP contribution is 2.30. The highest BCUT2D eigenvalue weighted by molar-refractivity contribution is 7.89. The molecule has 0 atom stereocenters. The van der Waals surface area contributed by atoms with Gasteiger partial charge in [-0.25, -0.2) is 17.1 Å². The SMILES string of the molecule is Cc1ccc(S(=O)(=O)OCC2(F)CCN(S(=O)(=O)C(C)C)CC2)cc1. The van der Waals surface area contributed by atoms with Crippen LogP contribution in [0.1, 0.15) is 32.3 Å². The molecule has 9 heteroatoms. The number of aryl methyl sites for hydroxylation is 1. The third kappa shape index (κ3) is 4.78. The Morgan fingerprint density at radius 1 is 1.12 bits per heavy atom. The van der Waals surface area contributed by atoms with Gasteiger partial charge in [-0.3, -0.25) is 4.18 Å². The summed E-state index contributed by atoms with van der Waals surface area (Å²) in [6.45, 7) is 4.40. The standard InChI is InChI=1S/C16H24FNO5S2/c1-13(2)24(19,20)18-10-8-16(17,9-11-18)12-23-25(21,22)15-6-4-14(3)5-7-15/h4-7,13H,8-12H2,1-3H3. The molecule has 0 N–H and O–H groups in total. The van der Waals surface area contributed by atoms with Crippen molar-refractivity contribution < 1.29 is 25.4 Å². The van der Waals surface area contributed by atoms with E-state index in [1.54, 1.807) is 26.0 Å². The zero-order valence-electron chi connectivity index (χ0n) is 14.6. The fourth-order valence-corrected chi connectivity index (χ4v) is 4.80. The highest BCUT2D eigenvalue weighted by Gasteiger charge is 2.40. The van der Waals surface area contributed by atoms with Crippen LogP contribution >= 0.6 is 0 Å². The van der Waals surface area contributed by atoms with E-state index >= 15 is 0 Å². The van der Waals surface area contributed by atoms with Crippen LogP contribution in [0.5, 0.6) is 0 Å². The largest absolute Gasteiger partial charge is 0.297 e. The van der Waals surface area contributed by atoms with Crippen LogP contribution in [-0.4, -0.2) is 51.8 Å². The number of alkyl halides is 1. The van der Waals surface area contributed by atoms with Crippen molar-refractivity contribution in [2.24, 2.45) is 0 Å². The maximum atomic E-state index is 14.8. The lowest BCUT2D eigenvalue weighted by Gasteiger charge is -2.36. The van der Waals surface area contributed by atoms with Gasteiger partial charge in [0.15, 0.2) is 0 Å². The second-order valence-corrected chi connectivity index (χ2v) is 10.8. The van der Waals surface area contributed by atoms with Crippen molar-refractivity contribution >= 4 is 20.1 Å². The van der Waals surface area contributed by atoms with Gasteiger partial charge in [0.05, 0.1) is 10.1 Å². The number of benzene rings is 1. The van der Waals surface area contributed by atoms with Gasteiger partial charge in [0.25, 0.3) is 10.1 Å². The Morgan fingerprint density at radius 3 is 2.12 bits per heavy atom. The molecule has 1 saturated heterocycles. The Labute approximate surface area is 149 Å². The number of piperidine rings is 1. The molecule has 25 heavy (non-hydrogen) atoms. The zero-order valence-corrected chi connectivity index (χ0v) is 16.2. The molecule has 0 bridgehead atoms. The minimum atomic E-state index is -4.04. The van der Waals surface area contributed by atoms with Crippen LogP contribution in [0.25, 0.3) is 0 Å². The van der Waals surface area contributed by atoms with Gasteiger partial charge in [-0.15, -0.1) is 0 Å². The summed E-state index contributed by atoms with van der Waals surface area (Å²) in [6.07, 6.45) is -0.190. The van der Waals surface area contributed by atoms with E-state index in [0.717, 1.165) is 5.56 Å². The molecule has 1 aliphatic heterocycles. The molecule has 0 spiro atoms. The summed E-state index contributed by atoms with van der Waals surface area (Å²) in [4.78, 5) is -0.0264. The van der Waals surface area contributed by atoms with Crippen LogP contribution < -0.4 is 0 Å². The zero-order chi connectivity index (χ0) is 18.9. The van der Waals surface area contributed by atoms with E-state index in [4.69, 9.17) is 4.18 Å². The second-order valence-electron chi connectivity index (χ2n) is 6.67. The minimum Gasteiger partial charge on any atom is -0.263 e. The van der Waals surface area contributed by atoms with Crippen LogP contribution in [0, 0.1) is 6.92 Å². The van der Waals surface area contributed by atoms with Crippen molar-refractivity contribution in [2.75, 3.05) is 19.7 Å². The maximum Gasteiger partial charge on any atom is 0.297 e. The summed E-state index contributed by atoms with van der Waals surface area (Å²) in [5, 5.41) is -0.572. The normalized spacial score (nSPS) is 19.2. The van der Waals surface area contributed by atoms with Gasteiger partial charge < -0.3 is 0 Å². The number of sulfonamides is 1. The Bertz CT molecular complexity index is 795. The van der Waals surface area contributed by atoms with Gasteiger partial charge in [0.2, 0.25) is 10.0 Å². The first-order valence-electron chi connectivity index (χ1n) is 8.10. The van der Waals surface area contributed by atoms with E-state index in [1.807, 2.05) is 6.92 Å². The lowest BCUT2D eigenvalue weighted by molar-refractivity contribution is 0.0389. The topological polar surface area (TPSA) is 80.8 Å². The highest BCUT2D eigenvalue weighted by atomic mass is 32.2. The van der Waals surface area contributed by atoms with Crippen molar-refractivity contribution in [3.8, 4) is 0 Å². The molecule has 1 aromatic rings. The van der Waals surface area contributed by atoms with E-state index in [2.05, 4.69) is 0 Å². The molecular formula is C16H24FNO5S2. The number of nitrogens with zero attached hydrogens (tertiary/aromatic N) is 1. The van der Waals surface area contributed by atoms with Crippen molar-refractivity contribution in [3.63, 3.8) is 0 Å². The summed E-state index contributed by atoms with van der Waals surface area (Å²) < 4.78 is 69.5. The van der Waals surface area contributed by atoms with Crippen molar-refractivity contribution in [1.29, 1.82) is 0 Å². The monoisotopic (exact) mass is 393 g/mol. The van der Waals surface area contributed by atoms with Gasteiger partial charge in [0.1, 0.15) is 12.3 Å². The molecular weight excluding hydrogens is 369 g/mol. The molecule has 0 unspecified atom stereocenters. The van der Waals surface area contributed by atoms with Gasteiger partial charge >= 0.3 is 0 Å². The summed E-state index contributed by atoms with van der Waals surface area (Å²) >= 11 is 0. The van der Waals surface area contributed by atoms with Gasteiger partial charge in [-0.1, -0.05) is 17.7 Å². The molecule has 0 aliphatic carbocycles. The van der Waals surface area contributed by atoms with E-state index < -0.39 is 37.7 Å². The van der Waals surface area contributed by atoms with Crippen LogP contribution in [-0.2, 0) is 24.3 Å². The predicted octanol–water partition coefficient (Wildman–Crippen LogP) is 2.24. The van der Waals surface area contributed by atoms with Crippen LogP contribution in [0.15, 0.2) is 29.2 Å². The number of rotatable bonds is 6. The maximum absolute atomic E-state index is 14.8. The van der Waals surface area contributed by atoms with E-state index in [1.165, 1.54) is 16.4 Å². The minimum absolute atomic E-state index is 0.0188. The summed E-state index contributed by atoms with van der Waals surface area (Å²) in [7, 11) is -7.47. The number of hydrogen-bond donors (Lipinski definition) is 0. The van der Waals surface area contributed by atoms with E-state index in [-0.39, 0.29) is 30.8 Å². The lowest BCUT2D eigenvalue weighted by atomic mass is 9.96. The smallest absolute Gasteiger partial charge is 0.263 e. The van der Waals surface area contributed by atoms with Gasteiger partial charge in [-0.05, 0) is 45.7 Å². The molecule has 1 aliphatic rings. The molecule has 0 radical (unpaired) electrons. The third-order valence-corrected chi connectivity index (χ3v) is 7.91. The fourth-order valence-electron chi connectivity index (χ4n) is 2.54. The Morgan fingerprint density at radius 2 is 1.64 bits per heavy atom. The third-order valence-electron chi connectivity index (χ3n) is 4.36. The van der Waals surface area contributed by atoms with Crippen molar-refractivity contribution in [3.05, 3.63) is 29.8 Å². The average molecular weight is 394 g/mol. The summed E-state index contributed by atoms with van der Waals surface area (Å²) in [5.41, 5.74) is -0.958. The van der Waals surface area contributed by atoms with Gasteiger partial charge in [-0.2, -0.15) is 8.42 Å². The molecule has 1 aromatic carbocycles. The average Bonchev–Trinajstić information content (AvgIpc) is 2.54. The first-order chi connectivity index (χ1) is 11.5.